The summed E-state index contributed by atoms with van der Waals surface area (Å²) < 4.78 is 5.51. The molecule has 7 heteroatoms. The number of hydrogen-bond donors (Lipinski definition) is 3. The summed E-state index contributed by atoms with van der Waals surface area (Å²) in [5, 5.41) is 6.24. The van der Waals surface area contributed by atoms with E-state index in [2.05, 4.69) is 20.6 Å². The van der Waals surface area contributed by atoms with Gasteiger partial charge in [0.25, 0.3) is 5.91 Å². The van der Waals surface area contributed by atoms with Crippen molar-refractivity contribution in [3.63, 3.8) is 0 Å². The molecule has 1 aromatic heterocycles. The molecule has 0 radical (unpaired) electrons. The van der Waals surface area contributed by atoms with E-state index in [0.29, 0.717) is 12.3 Å². The van der Waals surface area contributed by atoms with E-state index < -0.39 is 0 Å². The predicted octanol–water partition coefficient (Wildman–Crippen LogP) is 1.61. The highest BCUT2D eigenvalue weighted by Crippen LogP contribution is 2.23. The average molecular weight is 341 g/mol. The minimum absolute atomic E-state index is 0.0902. The summed E-state index contributed by atoms with van der Waals surface area (Å²) in [5.74, 6) is 0.588. The smallest absolute Gasteiger partial charge is 0.274 e. The number of ether oxygens (including phenoxy) is 1. The number of nitrogens with zero attached hydrogens (tertiary/aromatic N) is 2. The van der Waals surface area contributed by atoms with Crippen LogP contribution in [0.2, 0.25) is 0 Å². The van der Waals surface area contributed by atoms with Gasteiger partial charge in [-0.1, -0.05) is 12.1 Å². The third-order valence-corrected chi connectivity index (χ3v) is 4.09. The lowest BCUT2D eigenvalue weighted by molar-refractivity contribution is 0.0926. The van der Waals surface area contributed by atoms with Crippen LogP contribution in [0.15, 0.2) is 30.5 Å². The van der Waals surface area contributed by atoms with Crippen molar-refractivity contribution in [2.75, 3.05) is 25.4 Å². The maximum atomic E-state index is 12.5. The Morgan fingerprint density at radius 3 is 3.12 bits per heavy atom. The minimum atomic E-state index is -0.290. The van der Waals surface area contributed by atoms with Crippen molar-refractivity contribution >= 4 is 11.7 Å². The molecule has 2 heterocycles. The van der Waals surface area contributed by atoms with E-state index in [4.69, 9.17) is 10.5 Å². The molecule has 0 bridgehead atoms. The van der Waals surface area contributed by atoms with Crippen molar-refractivity contribution in [1.29, 1.82) is 0 Å². The van der Waals surface area contributed by atoms with Gasteiger partial charge in [-0.15, -0.1) is 0 Å². The molecule has 1 fully saturated rings. The van der Waals surface area contributed by atoms with Gasteiger partial charge in [0, 0.05) is 18.2 Å². The lowest BCUT2D eigenvalue weighted by atomic mass is 10.1. The van der Waals surface area contributed by atoms with Crippen molar-refractivity contribution in [3.8, 4) is 17.0 Å². The molecule has 25 heavy (non-hydrogen) atoms. The number of aromatic nitrogens is 2. The third kappa shape index (κ3) is 4.24. The highest BCUT2D eigenvalue weighted by molar-refractivity contribution is 5.97. The first-order chi connectivity index (χ1) is 12.2. The standard InChI is InChI=1S/C18H23N5O2/c1-2-25-14-7-3-5-12(9-14)15-11-21-17(19)16(23-15)18(24)22-13-6-4-8-20-10-13/h3,5,7,9,11,13,20H,2,4,6,8,10H2,1H3,(H2,19,21)(H,22,24)/t13-/m0/s1. The van der Waals surface area contributed by atoms with Gasteiger partial charge in [0.2, 0.25) is 0 Å². The third-order valence-electron chi connectivity index (χ3n) is 4.09. The van der Waals surface area contributed by atoms with Crippen LogP contribution in [0.5, 0.6) is 5.75 Å². The van der Waals surface area contributed by atoms with Gasteiger partial charge >= 0.3 is 0 Å². The second-order valence-electron chi connectivity index (χ2n) is 5.97. The summed E-state index contributed by atoms with van der Waals surface area (Å²) >= 11 is 0. The van der Waals surface area contributed by atoms with E-state index in [-0.39, 0.29) is 23.5 Å². The summed E-state index contributed by atoms with van der Waals surface area (Å²) in [4.78, 5) is 21.1. The second-order valence-corrected chi connectivity index (χ2v) is 5.97. The van der Waals surface area contributed by atoms with Gasteiger partial charge in [-0.25, -0.2) is 9.97 Å². The number of anilines is 1. The van der Waals surface area contributed by atoms with Crippen molar-refractivity contribution in [2.24, 2.45) is 0 Å². The number of nitrogens with one attached hydrogen (secondary N) is 2. The molecule has 1 aliphatic heterocycles. The molecule has 0 spiro atoms. The Hall–Kier alpha value is -2.67. The summed E-state index contributed by atoms with van der Waals surface area (Å²) in [6.45, 7) is 4.26. The lowest BCUT2D eigenvalue weighted by Crippen LogP contribution is -2.46. The van der Waals surface area contributed by atoms with E-state index in [1.165, 1.54) is 0 Å². The zero-order valence-corrected chi connectivity index (χ0v) is 14.3. The molecule has 3 rings (SSSR count). The van der Waals surface area contributed by atoms with Crippen molar-refractivity contribution in [1.82, 2.24) is 20.6 Å². The summed E-state index contributed by atoms with van der Waals surface area (Å²) in [6, 6.07) is 7.62. The van der Waals surface area contributed by atoms with Gasteiger partial charge < -0.3 is 21.1 Å². The number of amides is 1. The highest BCUT2D eigenvalue weighted by atomic mass is 16.5. The fourth-order valence-electron chi connectivity index (χ4n) is 2.85. The number of nitrogens with two attached hydrogens (primary N) is 1. The molecule has 132 valence electrons. The molecule has 2 aromatic rings. The fourth-order valence-corrected chi connectivity index (χ4v) is 2.85. The molecule has 7 nitrogen and oxygen atoms in total. The molecule has 0 aliphatic carbocycles. The summed E-state index contributed by atoms with van der Waals surface area (Å²) in [5.41, 5.74) is 7.45. The number of piperidine rings is 1. The van der Waals surface area contributed by atoms with Crippen LogP contribution >= 0.6 is 0 Å². The number of nitrogen functional groups attached to an aromatic ring is 1. The van der Waals surface area contributed by atoms with Crippen LogP contribution in [0.3, 0.4) is 0 Å². The van der Waals surface area contributed by atoms with Crippen molar-refractivity contribution < 1.29 is 9.53 Å². The van der Waals surface area contributed by atoms with Gasteiger partial charge in [0.1, 0.15) is 5.75 Å². The molecule has 1 saturated heterocycles. The van der Waals surface area contributed by atoms with Gasteiger partial charge in [-0.3, -0.25) is 4.79 Å². The topological polar surface area (TPSA) is 102 Å². The first-order valence-electron chi connectivity index (χ1n) is 8.54. The average Bonchev–Trinajstić information content (AvgIpc) is 2.63. The molecule has 1 amide bonds. The Bertz CT molecular complexity index is 744. The Labute approximate surface area is 147 Å². The van der Waals surface area contributed by atoms with Crippen molar-refractivity contribution in [2.45, 2.75) is 25.8 Å². The number of carbonyl (C=O) groups is 1. The Morgan fingerprint density at radius 2 is 2.36 bits per heavy atom. The van der Waals surface area contributed by atoms with E-state index in [9.17, 15) is 4.79 Å². The normalized spacial score (nSPS) is 17.1. The SMILES string of the molecule is CCOc1cccc(-c2cnc(N)c(C(=O)N[C@H]3CCCNC3)n2)c1. The van der Waals surface area contributed by atoms with Crippen LogP contribution in [0.1, 0.15) is 30.3 Å². The van der Waals surface area contributed by atoms with E-state index >= 15 is 0 Å². The maximum Gasteiger partial charge on any atom is 0.274 e. The van der Waals surface area contributed by atoms with E-state index in [1.54, 1.807) is 6.20 Å². The van der Waals surface area contributed by atoms with Gasteiger partial charge in [-0.05, 0) is 38.4 Å². The van der Waals surface area contributed by atoms with E-state index in [1.807, 2.05) is 31.2 Å². The second kappa shape index (κ2) is 7.94. The Balaban J connectivity index is 1.82. The molecular weight excluding hydrogens is 318 g/mol. The Morgan fingerprint density at radius 1 is 1.48 bits per heavy atom. The highest BCUT2D eigenvalue weighted by Gasteiger charge is 2.20. The van der Waals surface area contributed by atoms with Gasteiger partial charge in [0.15, 0.2) is 11.5 Å². The molecule has 0 saturated carbocycles. The number of hydrogen-bond acceptors (Lipinski definition) is 6. The van der Waals surface area contributed by atoms with Crippen molar-refractivity contribution in [3.05, 3.63) is 36.2 Å². The van der Waals surface area contributed by atoms with Crippen LogP contribution in [0.25, 0.3) is 11.3 Å². The number of rotatable bonds is 5. The van der Waals surface area contributed by atoms with Crippen LogP contribution in [-0.2, 0) is 0 Å². The first kappa shape index (κ1) is 17.2. The summed E-state index contributed by atoms with van der Waals surface area (Å²) in [6.07, 6.45) is 3.55. The molecule has 0 unspecified atom stereocenters. The molecule has 4 N–H and O–H groups in total. The monoisotopic (exact) mass is 341 g/mol. The predicted molar refractivity (Wildman–Crippen MR) is 96.4 cm³/mol. The van der Waals surface area contributed by atoms with Crippen LogP contribution < -0.4 is 21.1 Å². The summed E-state index contributed by atoms with van der Waals surface area (Å²) in [7, 11) is 0. The number of carbonyl (C=O) groups excluding carboxylic acids is 1. The zero-order chi connectivity index (χ0) is 17.6. The molecular formula is C18H23N5O2. The quantitative estimate of drug-likeness (QED) is 0.763. The van der Waals surface area contributed by atoms with Crippen LogP contribution in [0.4, 0.5) is 5.82 Å². The van der Waals surface area contributed by atoms with Gasteiger partial charge in [0.05, 0.1) is 18.5 Å². The molecule has 1 aliphatic rings. The Kier molecular flexibility index (Phi) is 5.45. The first-order valence-corrected chi connectivity index (χ1v) is 8.54. The largest absolute Gasteiger partial charge is 0.494 e. The number of benzene rings is 1. The van der Waals surface area contributed by atoms with Crippen LogP contribution in [0, 0.1) is 0 Å². The maximum absolute atomic E-state index is 12.5. The fraction of sp³-hybridized carbons (Fsp3) is 0.389. The molecule has 1 atom stereocenters. The lowest BCUT2D eigenvalue weighted by Gasteiger charge is -2.23. The van der Waals surface area contributed by atoms with Crippen LogP contribution in [-0.4, -0.2) is 41.6 Å². The van der Waals surface area contributed by atoms with E-state index in [0.717, 1.165) is 37.2 Å². The minimum Gasteiger partial charge on any atom is -0.494 e. The molecule has 1 aromatic carbocycles. The zero-order valence-electron chi connectivity index (χ0n) is 14.3. The van der Waals surface area contributed by atoms with Gasteiger partial charge in [-0.2, -0.15) is 0 Å².